The second-order valence-electron chi connectivity index (χ2n) is 38.6. The first-order valence-electron chi connectivity index (χ1n) is 45.8. The topological polar surface area (TPSA) is 340 Å². The molecule has 10 saturated heterocycles. The Morgan fingerprint density at radius 3 is 1.24 bits per heavy atom. The normalized spacial score (nSPS) is 49.1. The summed E-state index contributed by atoms with van der Waals surface area (Å²) in [4.78, 5) is 28.7. The summed E-state index contributed by atoms with van der Waals surface area (Å²) in [5.74, 6) is -4.25. The van der Waals surface area contributed by atoms with Crippen LogP contribution < -0.4 is 0 Å². The van der Waals surface area contributed by atoms with Gasteiger partial charge in [0.25, 0.3) is 0 Å². The first-order chi connectivity index (χ1) is 58.5. The van der Waals surface area contributed by atoms with Crippen LogP contribution in [0.15, 0.2) is 94.2 Å². The average molecular weight is 1740 g/mol. The molecule has 0 unspecified atom stereocenters. The van der Waals surface area contributed by atoms with Crippen LogP contribution >= 0.6 is 0 Å². The van der Waals surface area contributed by atoms with E-state index in [4.69, 9.17) is 94.7 Å². The Morgan fingerprint density at radius 1 is 0.472 bits per heavy atom. The van der Waals surface area contributed by atoms with E-state index < -0.39 is 182 Å². The average Bonchev–Trinajstić information content (AvgIpc) is 1.61. The second-order valence-corrected chi connectivity index (χ2v) is 38.6. The molecule has 0 aromatic heterocycles. The summed E-state index contributed by atoms with van der Waals surface area (Å²) in [6, 6.07) is 0. The van der Waals surface area contributed by atoms with Gasteiger partial charge in [-0.05, 0) is 138 Å². The summed E-state index contributed by atoms with van der Waals surface area (Å²) >= 11 is 0. The van der Waals surface area contributed by atoms with Crippen LogP contribution in [0, 0.1) is 47.3 Å². The van der Waals surface area contributed by atoms with Gasteiger partial charge in [-0.1, -0.05) is 123 Å². The molecule has 2 spiro atoms. The molecule has 0 aromatic carbocycles. The summed E-state index contributed by atoms with van der Waals surface area (Å²) in [7, 11) is 6.45. The zero-order valence-electron chi connectivity index (χ0n) is 76.2. The van der Waals surface area contributed by atoms with Gasteiger partial charge in [-0.15, -0.1) is 0 Å². The predicted molar refractivity (Wildman–Crippen MR) is 450 cm³/mol. The first-order valence-corrected chi connectivity index (χ1v) is 45.8. The molecule has 10 fully saturated rings. The van der Waals surface area contributed by atoms with Gasteiger partial charge in [-0.2, -0.15) is 0 Å². The van der Waals surface area contributed by atoms with Crippen LogP contribution in [-0.2, 0) is 104 Å². The zero-order chi connectivity index (χ0) is 88.6. The van der Waals surface area contributed by atoms with Crippen LogP contribution in [0.3, 0.4) is 0 Å². The molecule has 0 saturated carbocycles. The van der Waals surface area contributed by atoms with E-state index in [1.807, 2.05) is 38.2 Å². The van der Waals surface area contributed by atoms with Crippen LogP contribution in [0.5, 0.6) is 0 Å². The molecular weight excluding hydrogens is 1590 g/mol. The summed E-state index contributed by atoms with van der Waals surface area (Å²) < 4.78 is 128. The molecule has 0 radical (unpaired) electrons. The number of aliphatic hydroxyl groups excluding tert-OH is 4. The maximum atomic E-state index is 14.4. The number of hydrogen-bond acceptors (Lipinski definition) is 28. The van der Waals surface area contributed by atoms with E-state index >= 15 is 0 Å². The lowest BCUT2D eigenvalue weighted by Gasteiger charge is -2.51. The molecule has 694 valence electrons. The molecule has 6 N–H and O–H groups in total. The summed E-state index contributed by atoms with van der Waals surface area (Å²) in [6.07, 6.45) is 12.1. The molecular formula is C95H146O28. The molecule has 39 atom stereocenters. The van der Waals surface area contributed by atoms with Crippen molar-refractivity contribution in [3.05, 3.63) is 94.2 Å². The molecule has 14 aliphatic rings. The summed E-state index contributed by atoms with van der Waals surface area (Å²) in [6.45, 7) is 32.5. The minimum absolute atomic E-state index is 0.00708. The van der Waals surface area contributed by atoms with Crippen molar-refractivity contribution < 1.29 is 135 Å². The molecule has 12 aliphatic heterocycles. The Hall–Kier alpha value is -4.10. The van der Waals surface area contributed by atoms with Gasteiger partial charge in [-0.25, -0.2) is 0 Å². The lowest BCUT2D eigenvalue weighted by molar-refractivity contribution is -0.341. The quantitative estimate of drug-likeness (QED) is 0.0655. The highest BCUT2D eigenvalue weighted by Gasteiger charge is 2.63. The number of carbonyl (C=O) groups excluding carboxylic acids is 2. The molecule has 0 aromatic rings. The Kier molecular flexibility index (Phi) is 31.9. The Bertz CT molecular complexity index is 3810. The summed E-state index contributed by atoms with van der Waals surface area (Å²) in [5, 5.41) is 68.4. The van der Waals surface area contributed by atoms with Crippen molar-refractivity contribution in [2.45, 2.75) is 402 Å². The standard InChI is InChI=1S/C48H74O14.C47H72O14/c1-11-25(2)43-28(5)17-18-47(62-43)23-34-20-33(61-47)16-15-27(4)42(26(3)13-12-14-32-24-55-45-40(49)29(6)19-35(46(51)58-34)48(32,45)52)59-39-22-37(54-10)44(31(8)57-39)60-38-21-36(53-9)41(50)30(7)56-38;1-24(2)41-27(5)16-17-46(61-41)22-33-19-32(60-46)15-14-26(4)42(25(3)12-11-13-31-23-54-44-39(48)28(6)18-34(45(50)57-33)47(31,44)51)58-38-21-36(53-10)43(30(8)56-38)59-37-20-35(52-9)40(49)29(7)55-37/h12-15,19,25-26,28,30-31,33-45,49-50,52H,11,16-18,20-24H2,1-10H3;11-14,18,24-25,27,29-30,32-44,48-49,51H,15-17,19-23H2,1-10H3/b13-12-,27-15-,32-14?;12-11+,26-14+,31-13+/t25-,26-,28-,30-,31-,33+,34-,35-,36-,37-,38-,39-,40+,41-,42-,43+,44-,45+,47+,48+;25-,27-,29-,30-,32+,33-,34-,35-,36-,37-,38-,39+,40-,41+,42-,43-,44+,46+,47+/m00/s1. The van der Waals surface area contributed by atoms with Crippen molar-refractivity contribution >= 4 is 11.9 Å². The van der Waals surface area contributed by atoms with Gasteiger partial charge in [-0.3, -0.25) is 9.59 Å². The molecule has 28 heteroatoms. The van der Waals surface area contributed by atoms with E-state index in [1.165, 1.54) is 0 Å². The Morgan fingerprint density at radius 2 is 0.846 bits per heavy atom. The van der Waals surface area contributed by atoms with Crippen molar-refractivity contribution in [3.63, 3.8) is 0 Å². The number of esters is 2. The smallest absolute Gasteiger partial charge is 0.316 e. The highest BCUT2D eigenvalue weighted by atomic mass is 16.8. The fraction of sp³-hybridized carbons (Fsp3) is 0.811. The number of ether oxygens (including phenoxy) is 20. The Labute approximate surface area is 728 Å². The molecule has 14 rings (SSSR count). The van der Waals surface area contributed by atoms with Gasteiger partial charge in [0.15, 0.2) is 36.7 Å². The number of carbonyl (C=O) groups is 2. The van der Waals surface area contributed by atoms with Crippen LogP contribution in [0.4, 0.5) is 0 Å². The van der Waals surface area contributed by atoms with E-state index in [0.29, 0.717) is 117 Å². The molecule has 2 aliphatic carbocycles. The number of allylic oxidation sites excluding steroid dienone is 4. The van der Waals surface area contributed by atoms with E-state index in [1.54, 1.807) is 80.4 Å². The fourth-order valence-corrected chi connectivity index (χ4v) is 21.8. The summed E-state index contributed by atoms with van der Waals surface area (Å²) in [5.41, 5.74) is 0.372. The monoisotopic (exact) mass is 1740 g/mol. The van der Waals surface area contributed by atoms with Gasteiger partial charge in [0, 0.05) is 104 Å². The largest absolute Gasteiger partial charge is 0.462 e. The van der Waals surface area contributed by atoms with Gasteiger partial charge in [0.2, 0.25) is 0 Å². The molecule has 28 nitrogen and oxygen atoms in total. The number of aliphatic hydroxyl groups is 6. The SMILES string of the molecule is CC[C@H](C)[C@H]1O[C@]2(CC[C@@H]1C)C[C@@H]1C[C@@H](C/C=C(/C)[C@@H](O[C@H]3C[C@H](OC)[C@@H](O[C@H]4C[C@H](OC)[C@@H](O)[C@H](C)O4)[C@H](C)O3)[C@@H](C)/C=C\C=C3CO[C@@H]4[C@H](O)C(C)=C[C@@H](C(=O)O1)[C@]34O)O2.CO[C@H]1C[C@H](O[C@H]2[C@H](C)O[C@@H](O[C@@H]3/C(C)=C/C[C@@H]4C[C@@H](C[C@]5(CC[C@H](C)[C@@H](C(C)C)O5)O4)OC(=O)[C@@H]4C=C(C)[C@@H](O)[C@H]5OC/C(=C\C=C\[C@@H]3C)[C@]54O)C[C@@H]2OC)O[C@@H](C)[C@@H]1O. The highest BCUT2D eigenvalue weighted by molar-refractivity contribution is 5.79. The van der Waals surface area contributed by atoms with Crippen LogP contribution in [0.1, 0.15) is 207 Å². The third-order valence-electron chi connectivity index (χ3n) is 29.3. The fourth-order valence-electron chi connectivity index (χ4n) is 21.8. The van der Waals surface area contributed by atoms with Crippen molar-refractivity contribution in [1.29, 1.82) is 0 Å². The Balaban J connectivity index is 0.000000212. The van der Waals surface area contributed by atoms with Crippen molar-refractivity contribution in [1.82, 2.24) is 0 Å². The third-order valence-corrected chi connectivity index (χ3v) is 29.3. The van der Waals surface area contributed by atoms with Crippen LogP contribution in [0.25, 0.3) is 0 Å². The first kappa shape index (κ1) is 96.5. The highest BCUT2D eigenvalue weighted by Crippen LogP contribution is 2.52. The van der Waals surface area contributed by atoms with E-state index in [9.17, 15) is 40.2 Å². The number of rotatable bonds is 15. The molecule has 12 heterocycles. The third kappa shape index (κ3) is 20.8. The van der Waals surface area contributed by atoms with Gasteiger partial charge >= 0.3 is 11.9 Å². The van der Waals surface area contributed by atoms with Crippen molar-refractivity contribution in [2.24, 2.45) is 47.3 Å². The van der Waals surface area contributed by atoms with Crippen molar-refractivity contribution in [3.8, 4) is 0 Å². The lowest BCUT2D eigenvalue weighted by atomic mass is 9.71. The maximum absolute atomic E-state index is 14.4. The second kappa shape index (κ2) is 40.7. The van der Waals surface area contributed by atoms with E-state index in [2.05, 4.69) is 81.4 Å². The van der Waals surface area contributed by atoms with Gasteiger partial charge < -0.3 is 125 Å². The lowest BCUT2D eigenvalue weighted by Crippen LogP contribution is -2.58. The van der Waals surface area contributed by atoms with E-state index in [-0.39, 0.29) is 67.6 Å². The predicted octanol–water partition coefficient (Wildman–Crippen LogP) is 10.8. The van der Waals surface area contributed by atoms with Gasteiger partial charge in [0.1, 0.15) is 84.1 Å². The van der Waals surface area contributed by atoms with E-state index in [0.717, 1.165) is 30.4 Å². The zero-order valence-corrected chi connectivity index (χ0v) is 76.2. The number of methoxy groups -OCH3 is 4. The van der Waals surface area contributed by atoms with Gasteiger partial charge in [0.05, 0.1) is 98.7 Å². The maximum Gasteiger partial charge on any atom is 0.316 e. The minimum atomic E-state index is -1.82. The number of hydrogen-bond donors (Lipinski definition) is 6. The van der Waals surface area contributed by atoms with Crippen LogP contribution in [0.2, 0.25) is 0 Å². The van der Waals surface area contributed by atoms with Crippen LogP contribution in [-0.4, -0.2) is 279 Å². The molecule has 123 heavy (non-hydrogen) atoms. The minimum Gasteiger partial charge on any atom is -0.462 e. The van der Waals surface area contributed by atoms with Crippen molar-refractivity contribution in [2.75, 3.05) is 41.7 Å². The molecule has 4 bridgehead atoms. The molecule has 0 amide bonds. The number of fused-ring (bicyclic) bond motifs is 4.